The average Bonchev–Trinajstić information content (AvgIpc) is 3.40. The molecule has 0 aromatic heterocycles. The second-order valence-electron chi connectivity index (χ2n) is 21.4. The molecule has 1 saturated heterocycles. The van der Waals surface area contributed by atoms with Gasteiger partial charge in [-0.15, -0.1) is 0 Å². The van der Waals surface area contributed by atoms with Gasteiger partial charge < -0.3 is 50.5 Å². The summed E-state index contributed by atoms with van der Waals surface area (Å²) in [4.78, 5) is 13.2. The predicted octanol–water partition coefficient (Wildman–Crippen LogP) is 13.4. The zero-order chi connectivity index (χ0) is 54.0. The van der Waals surface area contributed by atoms with Crippen LogP contribution in [-0.2, 0) is 14.3 Å². The van der Waals surface area contributed by atoms with Crippen LogP contribution in [0.4, 0.5) is 0 Å². The number of aliphatic hydroxyl groups excluding tert-OH is 7. The minimum Gasteiger partial charge on any atom is -0.394 e. The smallest absolute Gasteiger partial charge is 0.249 e. The quantitative estimate of drug-likeness (QED) is 0.0215. The van der Waals surface area contributed by atoms with Crippen molar-refractivity contribution in [2.24, 2.45) is 0 Å². The molecule has 1 aliphatic heterocycles. The maximum absolute atomic E-state index is 13.2. The average molecular weight is 1050 g/mol. The first-order valence-corrected chi connectivity index (χ1v) is 30.7. The predicted molar refractivity (Wildman–Crippen MR) is 307 cm³/mol. The molecule has 432 valence electrons. The fourth-order valence-corrected chi connectivity index (χ4v) is 9.50. The van der Waals surface area contributed by atoms with E-state index in [1.54, 1.807) is 0 Å². The molecule has 11 heteroatoms. The molecule has 0 radical (unpaired) electrons. The Bertz CT molecular complexity index is 1380. The first-order valence-electron chi connectivity index (χ1n) is 30.7. The van der Waals surface area contributed by atoms with E-state index < -0.39 is 74.2 Å². The molecule has 0 saturated carbocycles. The number of nitrogens with one attached hydrogen (secondary N) is 1. The Balaban J connectivity index is 2.35. The Morgan fingerprint density at radius 1 is 0.473 bits per heavy atom. The topological polar surface area (TPSA) is 189 Å². The summed E-state index contributed by atoms with van der Waals surface area (Å²) < 4.78 is 11.1. The van der Waals surface area contributed by atoms with Gasteiger partial charge >= 0.3 is 0 Å². The van der Waals surface area contributed by atoms with Gasteiger partial charge in [0.05, 0.1) is 25.4 Å². The summed E-state index contributed by atoms with van der Waals surface area (Å²) in [6.45, 7) is 3.45. The zero-order valence-electron chi connectivity index (χ0n) is 47.3. The summed E-state index contributed by atoms with van der Waals surface area (Å²) in [5.74, 6) is -0.720. The molecule has 0 aromatic carbocycles. The van der Waals surface area contributed by atoms with Gasteiger partial charge in [0.25, 0.3) is 0 Å². The number of unbranched alkanes of at least 4 members (excludes halogenated alkanes) is 30. The van der Waals surface area contributed by atoms with E-state index in [0.29, 0.717) is 19.3 Å². The lowest BCUT2D eigenvalue weighted by Gasteiger charge is -2.40. The fraction of sp³-hybridized carbons (Fsp3) is 0.825. The number of allylic oxidation sites excluding steroid dienone is 10. The van der Waals surface area contributed by atoms with E-state index in [1.807, 2.05) is 0 Å². The van der Waals surface area contributed by atoms with Crippen molar-refractivity contribution in [2.75, 3.05) is 13.2 Å². The van der Waals surface area contributed by atoms with E-state index in [2.05, 4.69) is 79.9 Å². The third kappa shape index (κ3) is 39.2. The summed E-state index contributed by atoms with van der Waals surface area (Å²) in [7, 11) is 0. The molecule has 0 aliphatic carbocycles. The van der Waals surface area contributed by atoms with Gasteiger partial charge in [0, 0.05) is 0 Å². The lowest BCUT2D eigenvalue weighted by molar-refractivity contribution is -0.303. The standard InChI is InChI=1S/C63H115NO10/c1-3-5-7-9-11-13-15-17-19-21-23-25-27-28-29-31-32-34-36-38-40-42-44-46-48-50-55(66)58(68)54(53-73-63-61(71)60(70)59(69)57(52-65)74-63)64-62(72)56(67)51-49-47-45-43-41-39-37-35-33-30-26-24-22-20-18-16-14-12-10-8-6-4-2/h24,26,28-29,33-36,42,44,54-61,63,65-71H,3-23,25,27,30-32,37-41,43,45-53H2,1-2H3,(H,64,72)/b26-24-,29-28+,35-33-,36-34+,44-42+. The van der Waals surface area contributed by atoms with Crippen LogP contribution < -0.4 is 5.32 Å². The molecule has 1 amide bonds. The van der Waals surface area contributed by atoms with E-state index in [1.165, 1.54) is 148 Å². The molecule has 9 unspecified atom stereocenters. The first kappa shape index (κ1) is 69.8. The third-order valence-corrected chi connectivity index (χ3v) is 14.5. The summed E-state index contributed by atoms with van der Waals surface area (Å²) in [6.07, 6.45) is 55.6. The highest BCUT2D eigenvalue weighted by molar-refractivity contribution is 5.80. The summed E-state index contributed by atoms with van der Waals surface area (Å²) in [5.41, 5.74) is 0. The normalized spacial score (nSPS) is 20.3. The van der Waals surface area contributed by atoms with Gasteiger partial charge in [-0.1, -0.05) is 229 Å². The van der Waals surface area contributed by atoms with Gasteiger partial charge in [-0.25, -0.2) is 0 Å². The Kier molecular flexibility index (Phi) is 48.7. The number of aliphatic hydroxyl groups is 7. The second-order valence-corrected chi connectivity index (χ2v) is 21.4. The molecule has 9 atom stereocenters. The van der Waals surface area contributed by atoms with E-state index in [9.17, 15) is 40.5 Å². The van der Waals surface area contributed by atoms with Gasteiger partial charge in [-0.3, -0.25) is 4.79 Å². The Morgan fingerprint density at radius 3 is 1.28 bits per heavy atom. The van der Waals surface area contributed by atoms with E-state index in [4.69, 9.17) is 9.47 Å². The monoisotopic (exact) mass is 1050 g/mol. The Labute approximate surface area is 452 Å². The summed E-state index contributed by atoms with van der Waals surface area (Å²) in [6, 6.07) is -1.20. The lowest BCUT2D eigenvalue weighted by atomic mass is 9.98. The zero-order valence-corrected chi connectivity index (χ0v) is 47.3. The van der Waals surface area contributed by atoms with Crippen LogP contribution in [-0.4, -0.2) is 110 Å². The van der Waals surface area contributed by atoms with Crippen molar-refractivity contribution in [1.82, 2.24) is 5.32 Å². The molecule has 0 spiro atoms. The fourth-order valence-electron chi connectivity index (χ4n) is 9.50. The molecule has 1 heterocycles. The highest BCUT2D eigenvalue weighted by atomic mass is 16.7. The van der Waals surface area contributed by atoms with Crippen molar-refractivity contribution < 1.29 is 50.0 Å². The highest BCUT2D eigenvalue weighted by Gasteiger charge is 2.44. The number of hydrogen-bond donors (Lipinski definition) is 8. The van der Waals surface area contributed by atoms with Gasteiger partial charge in [0.15, 0.2) is 6.29 Å². The Hall–Kier alpha value is -2.19. The third-order valence-electron chi connectivity index (χ3n) is 14.5. The van der Waals surface area contributed by atoms with Crippen molar-refractivity contribution in [1.29, 1.82) is 0 Å². The SMILES string of the molecule is CCCCCCCCCCC/C=C\C/C=C\CCCCCCCCC(O)C(=O)NC(COC1OC(CO)C(O)C(O)C1O)C(O)C(O)CCC/C=C/CC/C=C/CC/C=C/CCCCCCCCCCCCCC. The number of carbonyl (C=O) groups is 1. The molecule has 74 heavy (non-hydrogen) atoms. The largest absolute Gasteiger partial charge is 0.394 e. The van der Waals surface area contributed by atoms with Crippen molar-refractivity contribution in [3.63, 3.8) is 0 Å². The van der Waals surface area contributed by atoms with Crippen LogP contribution in [0.5, 0.6) is 0 Å². The molecule has 1 rings (SSSR count). The number of carbonyl (C=O) groups excluding carboxylic acids is 1. The molecular weight excluding hydrogens is 931 g/mol. The maximum atomic E-state index is 13.2. The lowest BCUT2D eigenvalue weighted by Crippen LogP contribution is -2.60. The van der Waals surface area contributed by atoms with Gasteiger partial charge in [-0.2, -0.15) is 0 Å². The van der Waals surface area contributed by atoms with Crippen molar-refractivity contribution in [3.05, 3.63) is 60.8 Å². The molecular formula is C63H115NO10. The van der Waals surface area contributed by atoms with E-state index >= 15 is 0 Å². The van der Waals surface area contributed by atoms with Gasteiger partial charge in [0.1, 0.15) is 36.6 Å². The van der Waals surface area contributed by atoms with Crippen molar-refractivity contribution in [2.45, 2.75) is 319 Å². The van der Waals surface area contributed by atoms with E-state index in [-0.39, 0.29) is 12.8 Å². The number of amides is 1. The summed E-state index contributed by atoms with van der Waals surface area (Å²) in [5, 5.41) is 76.2. The highest BCUT2D eigenvalue weighted by Crippen LogP contribution is 2.23. The van der Waals surface area contributed by atoms with Crippen molar-refractivity contribution in [3.8, 4) is 0 Å². The van der Waals surface area contributed by atoms with Crippen molar-refractivity contribution >= 4 is 5.91 Å². The molecule has 0 bridgehead atoms. The van der Waals surface area contributed by atoms with Crippen LogP contribution in [0.25, 0.3) is 0 Å². The van der Waals surface area contributed by atoms with Gasteiger partial charge in [-0.05, 0) is 96.3 Å². The molecule has 1 fully saturated rings. The van der Waals surface area contributed by atoms with E-state index in [0.717, 1.165) is 70.6 Å². The summed E-state index contributed by atoms with van der Waals surface area (Å²) >= 11 is 0. The van der Waals surface area contributed by atoms with Crippen LogP contribution in [0.2, 0.25) is 0 Å². The number of rotatable bonds is 52. The van der Waals surface area contributed by atoms with Crippen LogP contribution in [0.15, 0.2) is 60.8 Å². The molecule has 0 aromatic rings. The number of hydrogen-bond acceptors (Lipinski definition) is 10. The minimum atomic E-state index is -1.68. The number of ether oxygens (including phenoxy) is 2. The van der Waals surface area contributed by atoms with Gasteiger partial charge in [0.2, 0.25) is 5.91 Å². The molecule has 1 aliphatic rings. The Morgan fingerprint density at radius 2 is 0.851 bits per heavy atom. The minimum absolute atomic E-state index is 0.235. The van der Waals surface area contributed by atoms with Crippen LogP contribution in [0.3, 0.4) is 0 Å². The maximum Gasteiger partial charge on any atom is 0.249 e. The van der Waals surface area contributed by atoms with Crippen LogP contribution in [0, 0.1) is 0 Å². The first-order chi connectivity index (χ1) is 36.2. The molecule has 11 nitrogen and oxygen atoms in total. The van der Waals surface area contributed by atoms with Crippen LogP contribution >= 0.6 is 0 Å². The molecule has 8 N–H and O–H groups in total. The second kappa shape index (κ2) is 51.6. The van der Waals surface area contributed by atoms with Crippen LogP contribution in [0.1, 0.15) is 264 Å².